The standard InChI is InChI=1S/C28H34N2O3.C2H6/c1-5-23(19-11-7-6-8-12-19)30-24(31)15-20-16-28(22-14-10-9-13-21(22)25(20)30)17-29(18-28)26(32)33-27(2,3)4;1-2/h6-14,20,23,25H,5,15-18H2,1-4H3;1-2H3/t20-,23+,25-;/m0./s1. The van der Waals surface area contributed by atoms with Crippen molar-refractivity contribution >= 4 is 12.0 Å². The number of benzene rings is 2. The molecule has 5 nitrogen and oxygen atoms in total. The molecule has 3 aliphatic rings. The smallest absolute Gasteiger partial charge is 0.410 e. The van der Waals surface area contributed by atoms with Gasteiger partial charge in [-0.05, 0) is 56.2 Å². The molecule has 5 heteroatoms. The third kappa shape index (κ3) is 4.57. The summed E-state index contributed by atoms with van der Waals surface area (Å²) in [5, 5.41) is 0. The van der Waals surface area contributed by atoms with Crippen LogP contribution in [-0.4, -0.2) is 40.5 Å². The van der Waals surface area contributed by atoms with Gasteiger partial charge in [0.25, 0.3) is 0 Å². The molecule has 5 rings (SSSR count). The van der Waals surface area contributed by atoms with Gasteiger partial charge < -0.3 is 14.5 Å². The SMILES string of the molecule is CC.CC[C@H](c1ccccc1)N1C(=O)C[C@H]2CC3(CN(C(=O)OC(C)(C)C)C3)c3ccccc3[C@H]21. The van der Waals surface area contributed by atoms with Gasteiger partial charge in [0.15, 0.2) is 0 Å². The molecule has 0 N–H and O–H groups in total. The van der Waals surface area contributed by atoms with Crippen LogP contribution in [0.5, 0.6) is 0 Å². The molecule has 2 aromatic carbocycles. The van der Waals surface area contributed by atoms with Crippen LogP contribution in [0.1, 0.15) is 89.6 Å². The van der Waals surface area contributed by atoms with Crippen molar-refractivity contribution in [2.24, 2.45) is 5.92 Å². The monoisotopic (exact) mass is 476 g/mol. The van der Waals surface area contributed by atoms with Crippen LogP contribution in [0.4, 0.5) is 4.79 Å². The molecule has 1 spiro atoms. The van der Waals surface area contributed by atoms with Gasteiger partial charge in [-0.1, -0.05) is 75.4 Å². The van der Waals surface area contributed by atoms with Gasteiger partial charge in [0.2, 0.25) is 5.91 Å². The maximum absolute atomic E-state index is 13.4. The van der Waals surface area contributed by atoms with Gasteiger partial charge >= 0.3 is 6.09 Å². The molecule has 2 aromatic rings. The normalized spacial score (nSPS) is 23.0. The molecular weight excluding hydrogens is 436 g/mol. The van der Waals surface area contributed by atoms with E-state index in [2.05, 4.69) is 60.4 Å². The summed E-state index contributed by atoms with van der Waals surface area (Å²) in [7, 11) is 0. The Morgan fingerprint density at radius 2 is 1.69 bits per heavy atom. The zero-order valence-electron chi connectivity index (χ0n) is 22.1. The van der Waals surface area contributed by atoms with E-state index in [0.29, 0.717) is 19.5 Å². The van der Waals surface area contributed by atoms with Crippen LogP contribution >= 0.6 is 0 Å². The van der Waals surface area contributed by atoms with Crippen LogP contribution in [0, 0.1) is 5.92 Å². The van der Waals surface area contributed by atoms with E-state index < -0.39 is 5.60 Å². The Balaban J connectivity index is 0.00000141. The maximum Gasteiger partial charge on any atom is 0.410 e. The third-order valence-corrected chi connectivity index (χ3v) is 7.52. The average Bonchev–Trinajstić information content (AvgIpc) is 3.14. The topological polar surface area (TPSA) is 49.9 Å². The second-order valence-electron chi connectivity index (χ2n) is 11.0. The van der Waals surface area contributed by atoms with Crippen LogP contribution in [0.3, 0.4) is 0 Å². The van der Waals surface area contributed by atoms with Gasteiger partial charge in [-0.15, -0.1) is 0 Å². The highest BCUT2D eigenvalue weighted by atomic mass is 16.6. The van der Waals surface area contributed by atoms with Crippen LogP contribution < -0.4 is 0 Å². The lowest BCUT2D eigenvalue weighted by Crippen LogP contribution is -2.64. The zero-order valence-corrected chi connectivity index (χ0v) is 22.1. The number of nitrogens with zero attached hydrogens (tertiary/aromatic N) is 2. The van der Waals surface area contributed by atoms with Crippen LogP contribution in [0.15, 0.2) is 54.6 Å². The van der Waals surface area contributed by atoms with E-state index in [1.165, 1.54) is 16.7 Å². The van der Waals surface area contributed by atoms with Crippen LogP contribution in [-0.2, 0) is 14.9 Å². The van der Waals surface area contributed by atoms with Crippen molar-refractivity contribution in [2.45, 2.75) is 83.9 Å². The van der Waals surface area contributed by atoms with Crippen molar-refractivity contribution in [1.29, 1.82) is 0 Å². The fourth-order valence-corrected chi connectivity index (χ4v) is 6.34. The first-order chi connectivity index (χ1) is 16.7. The summed E-state index contributed by atoms with van der Waals surface area (Å²) < 4.78 is 5.60. The van der Waals surface area contributed by atoms with Gasteiger partial charge in [-0.25, -0.2) is 4.79 Å². The molecule has 1 aliphatic carbocycles. The summed E-state index contributed by atoms with van der Waals surface area (Å²) in [6, 6.07) is 19.2. The van der Waals surface area contributed by atoms with Gasteiger partial charge in [0, 0.05) is 24.9 Å². The van der Waals surface area contributed by atoms with E-state index in [-0.39, 0.29) is 35.4 Å². The Labute approximate surface area is 210 Å². The van der Waals surface area contributed by atoms with E-state index >= 15 is 0 Å². The highest BCUT2D eigenvalue weighted by Crippen LogP contribution is 2.57. The second-order valence-corrected chi connectivity index (χ2v) is 11.0. The summed E-state index contributed by atoms with van der Waals surface area (Å²) in [5.74, 6) is 0.516. The summed E-state index contributed by atoms with van der Waals surface area (Å²) in [5.41, 5.74) is 3.18. The Morgan fingerprint density at radius 1 is 1.06 bits per heavy atom. The number of carbonyl (C=O) groups is 2. The maximum atomic E-state index is 13.4. The second kappa shape index (κ2) is 9.67. The molecular formula is C30H40N2O3. The lowest BCUT2D eigenvalue weighted by atomic mass is 9.60. The number of rotatable bonds is 3. The molecule has 2 heterocycles. The van der Waals surface area contributed by atoms with Crippen molar-refractivity contribution in [1.82, 2.24) is 9.80 Å². The van der Waals surface area contributed by atoms with Crippen molar-refractivity contribution < 1.29 is 14.3 Å². The number of ether oxygens (including phenoxy) is 1. The van der Waals surface area contributed by atoms with Gasteiger partial charge in [0.1, 0.15) is 5.60 Å². The molecule has 2 aliphatic heterocycles. The molecule has 0 saturated carbocycles. The predicted octanol–water partition coefficient (Wildman–Crippen LogP) is 6.65. The molecule has 2 fully saturated rings. The first-order valence-electron chi connectivity index (χ1n) is 13.2. The molecule has 2 amide bonds. The molecule has 0 radical (unpaired) electrons. The minimum atomic E-state index is -0.500. The molecule has 188 valence electrons. The summed E-state index contributed by atoms with van der Waals surface area (Å²) in [6.45, 7) is 13.2. The summed E-state index contributed by atoms with van der Waals surface area (Å²) >= 11 is 0. The van der Waals surface area contributed by atoms with E-state index in [4.69, 9.17) is 4.74 Å². The van der Waals surface area contributed by atoms with Crippen LogP contribution in [0.2, 0.25) is 0 Å². The van der Waals surface area contributed by atoms with Gasteiger partial charge in [-0.2, -0.15) is 0 Å². The summed E-state index contributed by atoms with van der Waals surface area (Å²) in [4.78, 5) is 30.0. The fourth-order valence-electron chi connectivity index (χ4n) is 6.34. The van der Waals surface area contributed by atoms with E-state index in [1.807, 2.05) is 45.6 Å². The number of hydrogen-bond acceptors (Lipinski definition) is 3. The number of fused-ring (bicyclic) bond motifs is 4. The zero-order chi connectivity index (χ0) is 25.4. The molecule has 2 saturated heterocycles. The minimum Gasteiger partial charge on any atom is -0.444 e. The number of carbonyl (C=O) groups excluding carboxylic acids is 2. The van der Waals surface area contributed by atoms with E-state index in [0.717, 1.165) is 12.8 Å². The van der Waals surface area contributed by atoms with Crippen LogP contribution in [0.25, 0.3) is 0 Å². The van der Waals surface area contributed by atoms with E-state index in [1.54, 1.807) is 0 Å². The minimum absolute atomic E-state index is 0.0791. The Morgan fingerprint density at radius 3 is 2.31 bits per heavy atom. The molecule has 0 bridgehead atoms. The van der Waals surface area contributed by atoms with Gasteiger partial charge in [0.05, 0.1) is 12.1 Å². The lowest BCUT2D eigenvalue weighted by molar-refractivity contribution is -0.131. The average molecular weight is 477 g/mol. The lowest BCUT2D eigenvalue weighted by Gasteiger charge is -2.55. The molecule has 0 aromatic heterocycles. The highest BCUT2D eigenvalue weighted by Gasteiger charge is 2.57. The molecule has 0 unspecified atom stereocenters. The highest BCUT2D eigenvalue weighted by molar-refractivity contribution is 5.81. The molecule has 35 heavy (non-hydrogen) atoms. The predicted molar refractivity (Wildman–Crippen MR) is 139 cm³/mol. The number of hydrogen-bond donors (Lipinski definition) is 0. The fraction of sp³-hybridized carbons (Fsp3) is 0.533. The Bertz CT molecular complexity index is 1050. The molecule has 3 atom stereocenters. The van der Waals surface area contributed by atoms with Gasteiger partial charge in [-0.3, -0.25) is 4.79 Å². The number of amides is 2. The quantitative estimate of drug-likeness (QED) is 0.499. The Hall–Kier alpha value is -2.82. The Kier molecular flexibility index (Phi) is 6.99. The van der Waals surface area contributed by atoms with Crippen molar-refractivity contribution in [2.75, 3.05) is 13.1 Å². The first-order valence-corrected chi connectivity index (χ1v) is 13.2. The van der Waals surface area contributed by atoms with Crippen molar-refractivity contribution in [3.8, 4) is 0 Å². The summed E-state index contributed by atoms with van der Waals surface area (Å²) in [6.07, 6.45) is 2.16. The third-order valence-electron chi connectivity index (χ3n) is 7.52. The first kappa shape index (κ1) is 25.3. The number of likely N-dealkylation sites (tertiary alicyclic amines) is 2. The van der Waals surface area contributed by atoms with E-state index in [9.17, 15) is 9.59 Å². The largest absolute Gasteiger partial charge is 0.444 e. The van der Waals surface area contributed by atoms with Crippen molar-refractivity contribution in [3.63, 3.8) is 0 Å². The van der Waals surface area contributed by atoms with Crippen molar-refractivity contribution in [3.05, 3.63) is 71.3 Å².